The number of aliphatic imine (C=N–C) groups is 1. The minimum Gasteiger partial charge on any atom is -0.465 e. The molecule has 3 rings (SSSR count). The third kappa shape index (κ3) is 4.63. The lowest BCUT2D eigenvalue weighted by Gasteiger charge is -2.39. The molecule has 1 aromatic rings. The van der Waals surface area contributed by atoms with Gasteiger partial charge in [0.1, 0.15) is 5.92 Å². The second-order valence-corrected chi connectivity index (χ2v) is 9.31. The zero-order chi connectivity index (χ0) is 21.2. The Bertz CT molecular complexity index is 869. The van der Waals surface area contributed by atoms with Crippen LogP contribution in [0.4, 0.5) is 0 Å². The van der Waals surface area contributed by atoms with Crippen molar-refractivity contribution >= 4 is 29.1 Å². The number of hydrogen-bond acceptors (Lipinski definition) is 4. The van der Waals surface area contributed by atoms with Gasteiger partial charge in [-0.3, -0.25) is 14.6 Å². The number of hydrogen-bond donors (Lipinski definition) is 0. The predicted octanol–water partition coefficient (Wildman–Crippen LogP) is 5.89. The first-order valence-electron chi connectivity index (χ1n) is 10.5. The average Bonchev–Trinajstić information content (AvgIpc) is 2.63. The van der Waals surface area contributed by atoms with Gasteiger partial charge in [0.05, 0.1) is 6.61 Å². The highest BCUT2D eigenvalue weighted by molar-refractivity contribution is 6.31. The van der Waals surface area contributed by atoms with E-state index in [0.717, 1.165) is 30.5 Å². The number of esters is 1. The van der Waals surface area contributed by atoms with Gasteiger partial charge in [-0.15, -0.1) is 0 Å². The van der Waals surface area contributed by atoms with Gasteiger partial charge in [-0.2, -0.15) is 0 Å². The molecule has 0 amide bonds. The number of ketones is 1. The maximum absolute atomic E-state index is 13.2. The van der Waals surface area contributed by atoms with Gasteiger partial charge >= 0.3 is 5.97 Å². The van der Waals surface area contributed by atoms with E-state index in [4.69, 9.17) is 21.3 Å². The minimum absolute atomic E-state index is 0.0567. The van der Waals surface area contributed by atoms with Crippen LogP contribution in [-0.4, -0.2) is 24.1 Å². The van der Waals surface area contributed by atoms with Crippen molar-refractivity contribution in [1.29, 1.82) is 0 Å². The minimum atomic E-state index is -0.625. The summed E-state index contributed by atoms with van der Waals surface area (Å²) in [5.41, 5.74) is 2.78. The van der Waals surface area contributed by atoms with Crippen LogP contribution in [0.1, 0.15) is 71.3 Å². The molecule has 2 atom stereocenters. The molecule has 0 fully saturated rings. The summed E-state index contributed by atoms with van der Waals surface area (Å²) in [4.78, 5) is 31.0. The molecular formula is C24H30ClNO3. The van der Waals surface area contributed by atoms with Crippen molar-refractivity contribution in [2.75, 3.05) is 6.61 Å². The van der Waals surface area contributed by atoms with Crippen molar-refractivity contribution in [1.82, 2.24) is 0 Å². The number of unbranched alkanes of at least 4 members (excludes halogenated alkanes) is 2. The summed E-state index contributed by atoms with van der Waals surface area (Å²) in [6.45, 7) is 8.52. The molecule has 0 bridgehead atoms. The van der Waals surface area contributed by atoms with E-state index < -0.39 is 11.8 Å². The fourth-order valence-electron chi connectivity index (χ4n) is 4.43. The van der Waals surface area contributed by atoms with E-state index in [0.29, 0.717) is 35.8 Å². The lowest BCUT2D eigenvalue weighted by atomic mass is 9.67. The molecule has 4 nitrogen and oxygen atoms in total. The number of nitrogens with zero attached hydrogens (tertiary/aromatic N) is 1. The Morgan fingerprint density at radius 1 is 1.24 bits per heavy atom. The van der Waals surface area contributed by atoms with Crippen molar-refractivity contribution < 1.29 is 14.3 Å². The smallest absolute Gasteiger partial charge is 0.315 e. The maximum atomic E-state index is 13.2. The normalized spacial score (nSPS) is 23.5. The van der Waals surface area contributed by atoms with E-state index in [9.17, 15) is 9.59 Å². The molecule has 156 valence electrons. The van der Waals surface area contributed by atoms with Crippen LogP contribution >= 0.6 is 11.6 Å². The maximum Gasteiger partial charge on any atom is 0.315 e. The van der Waals surface area contributed by atoms with E-state index in [1.165, 1.54) is 0 Å². The number of halogens is 1. The standard InChI is InChI=1S/C24H30ClNO3/c1-5-6-9-12-29-23(28)20-15(2)26-18-13-24(3,4)14-19(27)22(18)21(20)16-10-7-8-11-17(16)25/h7-8,10-11,20-21H,5-6,9,12-14H2,1-4H3/t20?,21-/m0/s1. The molecule has 2 aliphatic rings. The van der Waals surface area contributed by atoms with Gasteiger partial charge in [0.25, 0.3) is 0 Å². The van der Waals surface area contributed by atoms with Gasteiger partial charge in [-0.1, -0.05) is 63.4 Å². The summed E-state index contributed by atoms with van der Waals surface area (Å²) in [7, 11) is 0. The van der Waals surface area contributed by atoms with Gasteiger partial charge in [-0.05, 0) is 36.8 Å². The fraction of sp³-hybridized carbons (Fsp3) is 0.542. The first-order chi connectivity index (χ1) is 13.7. The van der Waals surface area contributed by atoms with Crippen LogP contribution in [0.15, 0.2) is 40.5 Å². The molecule has 5 heteroatoms. The van der Waals surface area contributed by atoms with Gasteiger partial charge in [0.15, 0.2) is 5.78 Å². The molecule has 1 aromatic carbocycles. The molecule has 29 heavy (non-hydrogen) atoms. The van der Waals surface area contributed by atoms with Crippen LogP contribution in [0, 0.1) is 11.3 Å². The summed E-state index contributed by atoms with van der Waals surface area (Å²) in [6, 6.07) is 7.46. The molecule has 0 radical (unpaired) electrons. The number of carbonyl (C=O) groups excluding carboxylic acids is 2. The molecule has 1 aliphatic carbocycles. The SMILES string of the molecule is CCCCCOC(=O)C1C(C)=NC2=C(C(=O)CC(C)(C)C2)[C@H]1c1ccccc1Cl. The summed E-state index contributed by atoms with van der Waals surface area (Å²) in [5.74, 6) is -1.34. The van der Waals surface area contributed by atoms with Gasteiger partial charge in [0, 0.05) is 34.3 Å². The molecular weight excluding hydrogens is 386 g/mol. The van der Waals surface area contributed by atoms with Gasteiger partial charge in [0.2, 0.25) is 0 Å². The average molecular weight is 416 g/mol. The monoisotopic (exact) mass is 415 g/mol. The molecule has 0 saturated carbocycles. The highest BCUT2D eigenvalue weighted by atomic mass is 35.5. The van der Waals surface area contributed by atoms with Crippen LogP contribution in [0.2, 0.25) is 5.02 Å². The molecule has 0 aromatic heterocycles. The number of Topliss-reactive ketones (excluding diaryl/α,β-unsaturated/α-hetero) is 1. The Morgan fingerprint density at radius 2 is 1.97 bits per heavy atom. The predicted molar refractivity (Wildman–Crippen MR) is 116 cm³/mol. The zero-order valence-corrected chi connectivity index (χ0v) is 18.5. The fourth-order valence-corrected chi connectivity index (χ4v) is 4.68. The van der Waals surface area contributed by atoms with Crippen molar-refractivity contribution in [2.45, 2.75) is 65.7 Å². The summed E-state index contributed by atoms with van der Waals surface area (Å²) in [5, 5.41) is 0.556. The van der Waals surface area contributed by atoms with Gasteiger partial charge < -0.3 is 4.74 Å². The summed E-state index contributed by atoms with van der Waals surface area (Å²) < 4.78 is 5.60. The number of ether oxygens (including phenoxy) is 1. The van der Waals surface area contributed by atoms with E-state index in [1.54, 1.807) is 6.07 Å². The van der Waals surface area contributed by atoms with Crippen molar-refractivity contribution in [2.24, 2.45) is 16.3 Å². The first kappa shape index (κ1) is 21.8. The van der Waals surface area contributed by atoms with Crippen LogP contribution in [0.25, 0.3) is 0 Å². The Morgan fingerprint density at radius 3 is 2.66 bits per heavy atom. The quantitative estimate of drug-likeness (QED) is 0.430. The Kier molecular flexibility index (Phi) is 6.62. The molecule has 0 saturated heterocycles. The number of allylic oxidation sites excluding steroid dienone is 2. The van der Waals surface area contributed by atoms with Crippen LogP contribution in [-0.2, 0) is 14.3 Å². The molecule has 1 heterocycles. The summed E-state index contributed by atoms with van der Waals surface area (Å²) >= 11 is 6.53. The Hall–Kier alpha value is -1.94. The Labute approximate surface area is 178 Å². The van der Waals surface area contributed by atoms with E-state index in [-0.39, 0.29) is 17.2 Å². The molecule has 1 unspecified atom stereocenters. The van der Waals surface area contributed by atoms with Crippen LogP contribution in [0.3, 0.4) is 0 Å². The number of benzene rings is 1. The highest BCUT2D eigenvalue weighted by Crippen LogP contribution is 2.49. The first-order valence-corrected chi connectivity index (χ1v) is 10.9. The summed E-state index contributed by atoms with van der Waals surface area (Å²) in [6.07, 6.45) is 4.07. The van der Waals surface area contributed by atoms with Crippen molar-refractivity contribution in [3.05, 3.63) is 46.1 Å². The van der Waals surface area contributed by atoms with Crippen LogP contribution < -0.4 is 0 Å². The van der Waals surface area contributed by atoms with Gasteiger partial charge in [-0.25, -0.2) is 0 Å². The third-order valence-electron chi connectivity index (χ3n) is 5.79. The van der Waals surface area contributed by atoms with Crippen molar-refractivity contribution in [3.63, 3.8) is 0 Å². The van der Waals surface area contributed by atoms with E-state index in [1.807, 2.05) is 25.1 Å². The second kappa shape index (κ2) is 8.83. The molecule has 1 aliphatic heterocycles. The lowest BCUT2D eigenvalue weighted by molar-refractivity contribution is -0.146. The van der Waals surface area contributed by atoms with Crippen LogP contribution in [0.5, 0.6) is 0 Å². The second-order valence-electron chi connectivity index (χ2n) is 8.91. The van der Waals surface area contributed by atoms with Crippen molar-refractivity contribution in [3.8, 4) is 0 Å². The molecule has 0 N–H and O–H groups in total. The highest BCUT2D eigenvalue weighted by Gasteiger charge is 2.46. The largest absolute Gasteiger partial charge is 0.465 e. The molecule has 0 spiro atoms. The van der Waals surface area contributed by atoms with E-state index >= 15 is 0 Å². The number of rotatable bonds is 6. The zero-order valence-electron chi connectivity index (χ0n) is 17.8. The number of carbonyl (C=O) groups is 2. The Balaban J connectivity index is 2.04. The van der Waals surface area contributed by atoms with E-state index in [2.05, 4.69) is 20.8 Å². The lowest BCUT2D eigenvalue weighted by Crippen LogP contribution is -2.39. The third-order valence-corrected chi connectivity index (χ3v) is 6.13. The topological polar surface area (TPSA) is 55.7 Å².